The van der Waals surface area contributed by atoms with Crippen LogP contribution >= 0.6 is 27.7 Å². The molecule has 2 aromatic carbocycles. The molecule has 2 nitrogen and oxygen atoms in total. The molecule has 0 N–H and O–H groups in total. The van der Waals surface area contributed by atoms with Crippen molar-refractivity contribution in [1.29, 1.82) is 0 Å². The van der Waals surface area contributed by atoms with Gasteiger partial charge in [-0.3, -0.25) is 0 Å². The zero-order valence-electron chi connectivity index (χ0n) is 11.9. The minimum atomic E-state index is -0.506. The number of hydrogen-bond donors (Lipinski definition) is 0. The summed E-state index contributed by atoms with van der Waals surface area (Å²) in [4.78, 5) is 12.8. The van der Waals surface area contributed by atoms with E-state index >= 15 is 0 Å². The van der Waals surface area contributed by atoms with Gasteiger partial charge in [0.2, 0.25) is 0 Å². The first-order valence-electron chi connectivity index (χ1n) is 6.51. The predicted molar refractivity (Wildman–Crippen MR) is 91.2 cm³/mol. The smallest absolute Gasteiger partial charge is 0.331 e. The molecule has 0 amide bonds. The van der Waals surface area contributed by atoms with E-state index in [0.29, 0.717) is 5.56 Å². The molecule has 0 heterocycles. The molecule has 0 unspecified atom stereocenters. The van der Waals surface area contributed by atoms with Crippen LogP contribution in [-0.4, -0.2) is 12.2 Å². The number of rotatable bonds is 5. The molecule has 22 heavy (non-hydrogen) atoms. The van der Waals surface area contributed by atoms with Gasteiger partial charge in [-0.25, -0.2) is 9.18 Å². The lowest BCUT2D eigenvalue weighted by Gasteiger charge is -2.03. The van der Waals surface area contributed by atoms with Crippen LogP contribution in [0.15, 0.2) is 57.9 Å². The Balaban J connectivity index is 1.92. The second-order valence-electron chi connectivity index (χ2n) is 4.45. The van der Waals surface area contributed by atoms with Crippen molar-refractivity contribution in [3.05, 3.63) is 70.0 Å². The lowest BCUT2D eigenvalue weighted by atomic mass is 10.2. The lowest BCUT2D eigenvalue weighted by molar-refractivity contribution is -0.138. The fraction of sp³-hybridized carbons (Fsp3) is 0.118. The maximum atomic E-state index is 13.5. The molecule has 0 aliphatic rings. The van der Waals surface area contributed by atoms with E-state index in [-0.39, 0.29) is 12.4 Å². The van der Waals surface area contributed by atoms with E-state index in [4.69, 9.17) is 4.74 Å². The van der Waals surface area contributed by atoms with Crippen molar-refractivity contribution >= 4 is 39.7 Å². The summed E-state index contributed by atoms with van der Waals surface area (Å²) in [5, 5.41) is 0. The second kappa shape index (κ2) is 8.15. The van der Waals surface area contributed by atoms with Crippen molar-refractivity contribution in [3.8, 4) is 0 Å². The van der Waals surface area contributed by atoms with Crippen molar-refractivity contribution in [2.75, 3.05) is 6.26 Å². The van der Waals surface area contributed by atoms with Gasteiger partial charge in [0.25, 0.3) is 0 Å². The summed E-state index contributed by atoms with van der Waals surface area (Å²) in [5.74, 6) is -0.895. The van der Waals surface area contributed by atoms with Crippen LogP contribution in [0.3, 0.4) is 0 Å². The number of halogens is 2. The van der Waals surface area contributed by atoms with Crippen LogP contribution in [0.1, 0.15) is 11.1 Å². The third-order valence-corrected chi connectivity index (χ3v) is 4.13. The average Bonchev–Trinajstić information content (AvgIpc) is 2.54. The standard InChI is InChI=1S/C17H14BrFO2S/c1-22-15-6-2-12(3-7-15)11-21-17(20)9-4-13-10-14(18)5-8-16(13)19/h2-10H,11H2,1H3/b9-4+. The Labute approximate surface area is 141 Å². The van der Waals surface area contributed by atoms with Crippen LogP contribution in [0, 0.1) is 5.82 Å². The quantitative estimate of drug-likeness (QED) is 0.411. The monoisotopic (exact) mass is 380 g/mol. The molecule has 0 aliphatic heterocycles. The summed E-state index contributed by atoms with van der Waals surface area (Å²) < 4.78 is 19.4. The SMILES string of the molecule is CSc1ccc(COC(=O)/C=C/c2cc(Br)ccc2F)cc1. The van der Waals surface area contributed by atoms with Crippen LogP contribution in [0.25, 0.3) is 6.08 Å². The number of carbonyl (C=O) groups excluding carboxylic acids is 1. The molecule has 0 saturated carbocycles. The molecule has 2 aromatic rings. The van der Waals surface area contributed by atoms with Gasteiger partial charge in [0.15, 0.2) is 0 Å². The minimum absolute atomic E-state index is 0.193. The fourth-order valence-electron chi connectivity index (χ4n) is 1.72. The molecule has 0 spiro atoms. The Hall–Kier alpha value is -1.59. The van der Waals surface area contributed by atoms with Gasteiger partial charge in [0.1, 0.15) is 12.4 Å². The van der Waals surface area contributed by atoms with Gasteiger partial charge in [0.05, 0.1) is 0 Å². The van der Waals surface area contributed by atoms with E-state index in [2.05, 4.69) is 15.9 Å². The second-order valence-corrected chi connectivity index (χ2v) is 6.25. The summed E-state index contributed by atoms with van der Waals surface area (Å²) >= 11 is 4.91. The Bertz CT molecular complexity index is 684. The zero-order valence-corrected chi connectivity index (χ0v) is 14.3. The third-order valence-electron chi connectivity index (χ3n) is 2.90. The van der Waals surface area contributed by atoms with Gasteiger partial charge in [-0.2, -0.15) is 0 Å². The summed E-state index contributed by atoms with van der Waals surface area (Å²) in [6, 6.07) is 12.3. The summed E-state index contributed by atoms with van der Waals surface area (Å²) in [6.45, 7) is 0.193. The summed E-state index contributed by atoms with van der Waals surface area (Å²) in [6.07, 6.45) is 4.63. The number of hydrogen-bond acceptors (Lipinski definition) is 3. The largest absolute Gasteiger partial charge is 0.458 e. The van der Waals surface area contributed by atoms with Crippen molar-refractivity contribution in [3.63, 3.8) is 0 Å². The first-order valence-corrected chi connectivity index (χ1v) is 8.53. The van der Waals surface area contributed by atoms with Gasteiger partial charge < -0.3 is 4.74 Å². The highest BCUT2D eigenvalue weighted by atomic mass is 79.9. The van der Waals surface area contributed by atoms with Crippen molar-refractivity contribution in [2.45, 2.75) is 11.5 Å². The molecule has 0 bridgehead atoms. The molecule has 5 heteroatoms. The van der Waals surface area contributed by atoms with Gasteiger partial charge >= 0.3 is 5.97 Å². The number of thioether (sulfide) groups is 1. The van der Waals surface area contributed by atoms with Gasteiger partial charge in [-0.15, -0.1) is 11.8 Å². The van der Waals surface area contributed by atoms with Crippen LogP contribution in [0.4, 0.5) is 4.39 Å². The fourth-order valence-corrected chi connectivity index (χ4v) is 2.51. The Morgan fingerprint density at radius 2 is 2.00 bits per heavy atom. The zero-order chi connectivity index (χ0) is 15.9. The molecule has 0 aromatic heterocycles. The van der Waals surface area contributed by atoms with E-state index in [0.717, 1.165) is 14.9 Å². The first kappa shape index (κ1) is 16.8. The van der Waals surface area contributed by atoms with E-state index in [1.165, 1.54) is 18.2 Å². The number of esters is 1. The normalized spacial score (nSPS) is 10.9. The number of benzene rings is 2. The van der Waals surface area contributed by atoms with Crippen LogP contribution in [0.2, 0.25) is 0 Å². The Morgan fingerprint density at radius 1 is 1.27 bits per heavy atom. The van der Waals surface area contributed by atoms with E-state index < -0.39 is 5.97 Å². The van der Waals surface area contributed by atoms with E-state index in [1.54, 1.807) is 23.9 Å². The van der Waals surface area contributed by atoms with Gasteiger partial charge in [0, 0.05) is 21.0 Å². The number of ether oxygens (including phenoxy) is 1. The highest BCUT2D eigenvalue weighted by molar-refractivity contribution is 9.10. The topological polar surface area (TPSA) is 26.3 Å². The van der Waals surface area contributed by atoms with Crippen LogP contribution < -0.4 is 0 Å². The first-order chi connectivity index (χ1) is 10.6. The van der Waals surface area contributed by atoms with Gasteiger partial charge in [-0.1, -0.05) is 28.1 Å². The minimum Gasteiger partial charge on any atom is -0.458 e. The molecular formula is C17H14BrFO2S. The Morgan fingerprint density at radius 3 is 2.68 bits per heavy atom. The third kappa shape index (κ3) is 5.00. The molecule has 2 rings (SSSR count). The van der Waals surface area contributed by atoms with Crippen molar-refractivity contribution in [1.82, 2.24) is 0 Å². The molecule has 0 atom stereocenters. The maximum absolute atomic E-state index is 13.5. The van der Waals surface area contributed by atoms with Crippen molar-refractivity contribution in [2.24, 2.45) is 0 Å². The Kier molecular flexibility index (Phi) is 6.21. The lowest BCUT2D eigenvalue weighted by Crippen LogP contribution is -2.00. The maximum Gasteiger partial charge on any atom is 0.331 e. The molecule has 0 fully saturated rings. The molecule has 0 radical (unpaired) electrons. The molecular weight excluding hydrogens is 367 g/mol. The summed E-state index contributed by atoms with van der Waals surface area (Å²) in [5.41, 5.74) is 1.24. The van der Waals surface area contributed by atoms with Crippen molar-refractivity contribution < 1.29 is 13.9 Å². The molecule has 0 aliphatic carbocycles. The van der Waals surface area contributed by atoms with Crippen LogP contribution in [-0.2, 0) is 16.1 Å². The average molecular weight is 381 g/mol. The van der Waals surface area contributed by atoms with Crippen LogP contribution in [0.5, 0.6) is 0 Å². The number of carbonyl (C=O) groups is 1. The van der Waals surface area contributed by atoms with E-state index in [1.807, 2.05) is 30.5 Å². The molecule has 0 saturated heterocycles. The van der Waals surface area contributed by atoms with E-state index in [9.17, 15) is 9.18 Å². The molecule has 114 valence electrons. The van der Waals surface area contributed by atoms with Gasteiger partial charge in [-0.05, 0) is 48.2 Å². The predicted octanol–water partition coefficient (Wildman–Crippen LogP) is 5.07. The highest BCUT2D eigenvalue weighted by Gasteiger charge is 2.02. The highest BCUT2D eigenvalue weighted by Crippen LogP contribution is 2.17. The summed E-state index contributed by atoms with van der Waals surface area (Å²) in [7, 11) is 0.